The number of ether oxygens (including phenoxy) is 3. The molecule has 0 aromatic heterocycles. The fourth-order valence-electron chi connectivity index (χ4n) is 3.47. The smallest absolute Gasteiger partial charge is 0.235 e. The van der Waals surface area contributed by atoms with Crippen LogP contribution < -0.4 is 10.1 Å². The first-order chi connectivity index (χ1) is 14.6. The van der Waals surface area contributed by atoms with E-state index in [0.717, 1.165) is 27.8 Å². The molecule has 1 aliphatic rings. The highest BCUT2D eigenvalue weighted by molar-refractivity contribution is 6.05. The van der Waals surface area contributed by atoms with Gasteiger partial charge in [-0.05, 0) is 19.1 Å². The molecule has 0 radical (unpaired) electrons. The van der Waals surface area contributed by atoms with Crippen LogP contribution >= 0.6 is 0 Å². The van der Waals surface area contributed by atoms with E-state index in [1.165, 1.54) is 0 Å². The van der Waals surface area contributed by atoms with E-state index >= 15 is 0 Å². The largest absolute Gasteiger partial charge is 0.489 e. The van der Waals surface area contributed by atoms with Crippen molar-refractivity contribution in [2.75, 3.05) is 25.1 Å². The second-order valence-corrected chi connectivity index (χ2v) is 7.64. The number of fused-ring (bicyclic) bond motifs is 1. The van der Waals surface area contributed by atoms with Crippen molar-refractivity contribution in [2.45, 2.75) is 13.2 Å². The Bertz CT molecular complexity index is 1040. The Morgan fingerprint density at radius 3 is 2.43 bits per heavy atom. The Morgan fingerprint density at radius 2 is 1.73 bits per heavy atom. The molecule has 1 aliphatic heterocycles. The molecule has 1 saturated heterocycles. The third kappa shape index (κ3) is 4.08. The van der Waals surface area contributed by atoms with Crippen molar-refractivity contribution in [3.63, 3.8) is 0 Å². The summed E-state index contributed by atoms with van der Waals surface area (Å²) in [5.74, 6) is 0.615. The molecule has 3 aromatic carbocycles. The highest BCUT2D eigenvalue weighted by Crippen LogP contribution is 2.35. The van der Waals surface area contributed by atoms with Gasteiger partial charge >= 0.3 is 0 Å². The van der Waals surface area contributed by atoms with Crippen molar-refractivity contribution < 1.29 is 19.0 Å². The highest BCUT2D eigenvalue weighted by Gasteiger charge is 2.40. The lowest BCUT2D eigenvalue weighted by molar-refractivity contribution is -0.226. The van der Waals surface area contributed by atoms with Crippen molar-refractivity contribution >= 4 is 22.4 Å². The van der Waals surface area contributed by atoms with E-state index in [0.29, 0.717) is 6.61 Å². The molecule has 0 bridgehead atoms. The Balaban J connectivity index is 1.50. The second-order valence-electron chi connectivity index (χ2n) is 7.64. The first-order valence-electron chi connectivity index (χ1n) is 9.96. The summed E-state index contributed by atoms with van der Waals surface area (Å²) >= 11 is 0. The maximum absolute atomic E-state index is 13.1. The molecule has 0 atom stereocenters. The third-order valence-electron chi connectivity index (χ3n) is 5.22. The average Bonchev–Trinajstić information content (AvgIpc) is 2.79. The van der Waals surface area contributed by atoms with Crippen LogP contribution in [0.25, 0.3) is 10.8 Å². The van der Waals surface area contributed by atoms with Crippen molar-refractivity contribution in [3.05, 3.63) is 84.9 Å². The molecule has 4 rings (SSSR count). The highest BCUT2D eigenvalue weighted by atomic mass is 16.7. The first kappa shape index (κ1) is 20.1. The van der Waals surface area contributed by atoms with Crippen LogP contribution in [0, 0.1) is 5.41 Å². The van der Waals surface area contributed by atoms with E-state index in [1.807, 2.05) is 73.7 Å². The first-order valence-corrected chi connectivity index (χ1v) is 9.96. The van der Waals surface area contributed by atoms with Gasteiger partial charge in [-0.1, -0.05) is 67.3 Å². The number of amides is 1. The van der Waals surface area contributed by atoms with Crippen LogP contribution in [0.1, 0.15) is 18.8 Å². The lowest BCUT2D eigenvalue weighted by Gasteiger charge is -2.36. The summed E-state index contributed by atoms with van der Waals surface area (Å²) in [5, 5.41) is 4.90. The minimum Gasteiger partial charge on any atom is -0.489 e. The summed E-state index contributed by atoms with van der Waals surface area (Å²) in [7, 11) is 0. The number of carbonyl (C=O) groups is 1. The van der Waals surface area contributed by atoms with E-state index in [4.69, 9.17) is 14.2 Å². The normalized spacial score (nSPS) is 21.2. The quantitative estimate of drug-likeness (QED) is 0.582. The van der Waals surface area contributed by atoms with Crippen LogP contribution in [0.15, 0.2) is 79.4 Å². The topological polar surface area (TPSA) is 56.8 Å². The van der Waals surface area contributed by atoms with Gasteiger partial charge in [0.05, 0.1) is 18.6 Å². The van der Waals surface area contributed by atoms with Gasteiger partial charge in [-0.15, -0.1) is 0 Å². The van der Waals surface area contributed by atoms with Gasteiger partial charge in [0, 0.05) is 22.0 Å². The Morgan fingerprint density at radius 1 is 1.07 bits per heavy atom. The lowest BCUT2D eigenvalue weighted by Crippen LogP contribution is -2.45. The van der Waals surface area contributed by atoms with Crippen molar-refractivity contribution in [1.29, 1.82) is 0 Å². The molecule has 3 aromatic rings. The van der Waals surface area contributed by atoms with Crippen molar-refractivity contribution in [2.24, 2.45) is 5.41 Å². The van der Waals surface area contributed by atoms with Crippen LogP contribution in [-0.4, -0.2) is 25.7 Å². The van der Waals surface area contributed by atoms with Crippen LogP contribution in [0.5, 0.6) is 5.75 Å². The second kappa shape index (κ2) is 8.69. The number of nitrogens with one attached hydrogen (secondary N) is 1. The zero-order valence-electron chi connectivity index (χ0n) is 17.0. The SMILES string of the molecule is C=CCOc1ccc(NC(=O)C2(C)COC(c3ccccc3)OC2)c2ccccc12. The van der Waals surface area contributed by atoms with Gasteiger partial charge in [-0.25, -0.2) is 0 Å². The number of carbonyl (C=O) groups excluding carboxylic acids is 1. The predicted octanol–water partition coefficient (Wildman–Crippen LogP) is 5.10. The molecule has 30 heavy (non-hydrogen) atoms. The molecule has 1 N–H and O–H groups in total. The average molecular weight is 403 g/mol. The van der Waals surface area contributed by atoms with E-state index in [-0.39, 0.29) is 19.1 Å². The maximum atomic E-state index is 13.1. The molecule has 1 fully saturated rings. The predicted molar refractivity (Wildman–Crippen MR) is 117 cm³/mol. The fourth-order valence-corrected chi connectivity index (χ4v) is 3.47. The molecule has 5 nitrogen and oxygen atoms in total. The Hall–Kier alpha value is -3.15. The monoisotopic (exact) mass is 403 g/mol. The molecule has 0 unspecified atom stereocenters. The summed E-state index contributed by atoms with van der Waals surface area (Å²) in [4.78, 5) is 13.1. The minimum absolute atomic E-state index is 0.140. The number of anilines is 1. The van der Waals surface area contributed by atoms with Crippen molar-refractivity contribution in [3.8, 4) is 5.75 Å². The summed E-state index contributed by atoms with van der Waals surface area (Å²) in [5.41, 5.74) is 0.888. The van der Waals surface area contributed by atoms with E-state index < -0.39 is 11.7 Å². The molecule has 1 heterocycles. The fraction of sp³-hybridized carbons (Fsp3) is 0.240. The van der Waals surface area contributed by atoms with Crippen LogP contribution in [0.2, 0.25) is 0 Å². The summed E-state index contributed by atoms with van der Waals surface area (Å²) in [6, 6.07) is 21.3. The standard InChI is InChI=1S/C25H25NO4/c1-3-15-28-22-14-13-21(19-11-7-8-12-20(19)22)26-24(27)25(2)16-29-23(30-17-25)18-9-5-4-6-10-18/h3-14,23H,1,15-17H2,2H3,(H,26,27). The van der Waals surface area contributed by atoms with Gasteiger partial charge in [0.2, 0.25) is 5.91 Å². The van der Waals surface area contributed by atoms with Crippen LogP contribution in [0.3, 0.4) is 0 Å². The Labute approximate surface area is 176 Å². The molecule has 154 valence electrons. The zero-order valence-corrected chi connectivity index (χ0v) is 17.0. The van der Waals surface area contributed by atoms with E-state index in [1.54, 1.807) is 6.08 Å². The molecule has 0 aliphatic carbocycles. The lowest BCUT2D eigenvalue weighted by atomic mass is 9.90. The van der Waals surface area contributed by atoms with Crippen molar-refractivity contribution in [1.82, 2.24) is 0 Å². The van der Waals surface area contributed by atoms with Gasteiger partial charge in [0.25, 0.3) is 0 Å². The number of benzene rings is 3. The number of rotatable bonds is 6. The van der Waals surface area contributed by atoms with Gasteiger partial charge < -0.3 is 19.5 Å². The third-order valence-corrected chi connectivity index (χ3v) is 5.22. The molecule has 0 saturated carbocycles. The Kier molecular flexibility index (Phi) is 5.84. The summed E-state index contributed by atoms with van der Waals surface area (Å²) < 4.78 is 17.5. The molecule has 0 spiro atoms. The van der Waals surface area contributed by atoms with Gasteiger partial charge in [0.15, 0.2) is 6.29 Å². The van der Waals surface area contributed by atoms with Gasteiger partial charge in [-0.2, -0.15) is 0 Å². The molecule has 1 amide bonds. The molecular formula is C25H25NO4. The minimum atomic E-state index is -0.787. The number of hydrogen-bond acceptors (Lipinski definition) is 4. The molecule has 5 heteroatoms. The van der Waals surface area contributed by atoms with E-state index in [9.17, 15) is 4.79 Å². The van der Waals surface area contributed by atoms with E-state index in [2.05, 4.69) is 11.9 Å². The number of hydrogen-bond donors (Lipinski definition) is 1. The van der Waals surface area contributed by atoms with Crippen LogP contribution in [-0.2, 0) is 14.3 Å². The van der Waals surface area contributed by atoms with Gasteiger partial charge in [-0.3, -0.25) is 4.79 Å². The summed E-state index contributed by atoms with van der Waals surface area (Å²) in [6.45, 7) is 6.52. The van der Waals surface area contributed by atoms with Crippen LogP contribution in [0.4, 0.5) is 5.69 Å². The molecular weight excluding hydrogens is 378 g/mol. The summed E-state index contributed by atoms with van der Waals surface area (Å²) in [6.07, 6.45) is 1.26. The van der Waals surface area contributed by atoms with Gasteiger partial charge in [0.1, 0.15) is 12.4 Å². The maximum Gasteiger partial charge on any atom is 0.235 e. The zero-order chi connectivity index (χ0) is 21.0.